The number of nitrogen functional groups attached to an aromatic ring is 1. The molecule has 0 spiro atoms. The highest BCUT2D eigenvalue weighted by Crippen LogP contribution is 2.33. The molecule has 0 fully saturated rings. The number of carbonyl (C=O) groups excluding carboxylic acids is 1. The zero-order valence-electron chi connectivity index (χ0n) is 10.1. The first kappa shape index (κ1) is 12.4. The quantitative estimate of drug-likeness (QED) is 0.891. The molecule has 0 aliphatic heterocycles. The predicted octanol–water partition coefficient (Wildman–Crippen LogP) is 2.36. The van der Waals surface area contributed by atoms with Crippen molar-refractivity contribution in [2.75, 3.05) is 18.2 Å². The molecule has 0 unspecified atom stereocenters. The molecule has 2 aromatic rings. The number of hydrogen-bond acceptors (Lipinski definition) is 5. The maximum absolute atomic E-state index is 11.0. The second-order valence-electron chi connectivity index (χ2n) is 3.64. The first-order valence-corrected chi connectivity index (χ1v) is 6.10. The van der Waals surface area contributed by atoms with Crippen LogP contribution in [0.4, 0.5) is 10.1 Å². The van der Waals surface area contributed by atoms with Gasteiger partial charge in [-0.3, -0.25) is 4.79 Å². The van der Waals surface area contributed by atoms with Gasteiger partial charge >= 0.3 is 0 Å². The minimum absolute atomic E-state index is 0.162. The normalized spacial score (nSPS) is 10.1. The van der Waals surface area contributed by atoms with E-state index in [1.165, 1.54) is 18.3 Å². The van der Waals surface area contributed by atoms with Crippen LogP contribution in [0.2, 0.25) is 0 Å². The van der Waals surface area contributed by atoms with Gasteiger partial charge in [0.1, 0.15) is 16.4 Å². The van der Waals surface area contributed by atoms with Crippen molar-refractivity contribution < 1.29 is 9.53 Å². The lowest BCUT2D eigenvalue weighted by molar-refractivity contribution is -0.114. The number of hydrogen-bond donors (Lipinski definition) is 2. The molecule has 1 amide bonds. The number of nitrogens with one attached hydrogen (secondary N) is 1. The van der Waals surface area contributed by atoms with Crippen LogP contribution in [-0.2, 0) is 4.79 Å². The molecule has 0 bridgehead atoms. The summed E-state index contributed by atoms with van der Waals surface area (Å²) in [5, 5.41) is 3.70. The fourth-order valence-electron chi connectivity index (χ4n) is 1.49. The van der Waals surface area contributed by atoms with E-state index in [1.807, 2.05) is 24.3 Å². The molecule has 1 aromatic heterocycles. The predicted molar refractivity (Wildman–Crippen MR) is 72.8 cm³/mol. The Bertz CT molecular complexity index is 563. The molecular formula is C12H13N3O2S. The second-order valence-corrected chi connectivity index (χ2v) is 4.67. The van der Waals surface area contributed by atoms with Gasteiger partial charge in [-0.1, -0.05) is 11.3 Å². The summed E-state index contributed by atoms with van der Waals surface area (Å²) in [6, 6.07) is 7.43. The number of rotatable bonds is 3. The number of amides is 1. The smallest absolute Gasteiger partial charge is 0.223 e. The summed E-state index contributed by atoms with van der Waals surface area (Å²) in [6.45, 7) is 1.44. The second kappa shape index (κ2) is 5.05. The molecule has 3 N–H and O–H groups in total. The van der Waals surface area contributed by atoms with Crippen molar-refractivity contribution in [3.8, 4) is 17.0 Å². The van der Waals surface area contributed by atoms with Crippen LogP contribution in [0.15, 0.2) is 24.3 Å². The number of thiazole rings is 1. The Balaban J connectivity index is 2.31. The summed E-state index contributed by atoms with van der Waals surface area (Å²) >= 11 is 1.25. The number of ether oxygens (including phenoxy) is 1. The molecule has 0 aliphatic rings. The number of benzene rings is 1. The summed E-state index contributed by atoms with van der Waals surface area (Å²) in [4.78, 5) is 15.2. The Morgan fingerprint density at radius 3 is 2.61 bits per heavy atom. The highest BCUT2D eigenvalue weighted by atomic mass is 32.1. The summed E-state index contributed by atoms with van der Waals surface area (Å²) in [7, 11) is 1.61. The molecule has 18 heavy (non-hydrogen) atoms. The lowest BCUT2D eigenvalue weighted by Gasteiger charge is -2.01. The van der Waals surface area contributed by atoms with Crippen molar-refractivity contribution in [3.05, 3.63) is 24.3 Å². The van der Waals surface area contributed by atoms with Gasteiger partial charge in [0.25, 0.3) is 0 Å². The Morgan fingerprint density at radius 2 is 2.06 bits per heavy atom. The number of nitrogens with zero attached hydrogens (tertiary/aromatic N) is 1. The molecule has 2 rings (SSSR count). The molecule has 0 aliphatic carbocycles. The average Bonchev–Trinajstić information content (AvgIpc) is 2.69. The standard InChI is InChI=1S/C12H13N3O2S/c1-7(16)14-12-15-10(11(13)18-12)8-3-5-9(17-2)6-4-8/h3-6H,13H2,1-2H3,(H,14,15,16). The van der Waals surface area contributed by atoms with Crippen molar-refractivity contribution in [2.24, 2.45) is 0 Å². The number of methoxy groups -OCH3 is 1. The summed E-state index contributed by atoms with van der Waals surface area (Å²) < 4.78 is 5.09. The maximum atomic E-state index is 11.0. The molecule has 0 saturated carbocycles. The molecule has 1 aromatic carbocycles. The van der Waals surface area contributed by atoms with Crippen LogP contribution in [-0.4, -0.2) is 18.0 Å². The molecule has 1 heterocycles. The Hall–Kier alpha value is -2.08. The molecule has 0 atom stereocenters. The van der Waals surface area contributed by atoms with Gasteiger partial charge in [-0.05, 0) is 24.3 Å². The highest BCUT2D eigenvalue weighted by molar-refractivity contribution is 7.20. The number of carbonyl (C=O) groups is 1. The van der Waals surface area contributed by atoms with Crippen molar-refractivity contribution in [2.45, 2.75) is 6.92 Å². The van der Waals surface area contributed by atoms with Gasteiger partial charge in [0.15, 0.2) is 5.13 Å². The lowest BCUT2D eigenvalue weighted by atomic mass is 10.1. The SMILES string of the molecule is COc1ccc(-c2nc(NC(C)=O)sc2N)cc1. The van der Waals surface area contributed by atoms with E-state index in [1.54, 1.807) is 7.11 Å². The molecule has 5 nitrogen and oxygen atoms in total. The molecule has 0 saturated heterocycles. The number of nitrogens with two attached hydrogens (primary N) is 1. The van der Waals surface area contributed by atoms with Crippen molar-refractivity contribution in [3.63, 3.8) is 0 Å². The monoisotopic (exact) mass is 263 g/mol. The van der Waals surface area contributed by atoms with Crippen molar-refractivity contribution in [1.82, 2.24) is 4.98 Å². The zero-order valence-corrected chi connectivity index (χ0v) is 10.9. The third-order valence-corrected chi connectivity index (χ3v) is 3.10. The minimum Gasteiger partial charge on any atom is -0.497 e. The first-order chi connectivity index (χ1) is 8.60. The van der Waals surface area contributed by atoms with Crippen molar-refractivity contribution >= 4 is 27.4 Å². The van der Waals surface area contributed by atoms with Crippen LogP contribution in [0.1, 0.15) is 6.92 Å². The van der Waals surface area contributed by atoms with E-state index in [0.717, 1.165) is 11.3 Å². The zero-order chi connectivity index (χ0) is 13.1. The van der Waals surface area contributed by atoms with E-state index in [2.05, 4.69) is 10.3 Å². The van der Waals surface area contributed by atoms with Gasteiger partial charge in [0.2, 0.25) is 5.91 Å². The molecule has 94 valence electrons. The third kappa shape index (κ3) is 2.60. The van der Waals surface area contributed by atoms with E-state index in [9.17, 15) is 4.79 Å². The van der Waals surface area contributed by atoms with Gasteiger partial charge < -0.3 is 15.8 Å². The fraction of sp³-hybridized carbons (Fsp3) is 0.167. The van der Waals surface area contributed by atoms with Crippen LogP contribution < -0.4 is 15.8 Å². The van der Waals surface area contributed by atoms with Gasteiger partial charge in [-0.25, -0.2) is 4.98 Å². The number of aromatic nitrogens is 1. The Kier molecular flexibility index (Phi) is 3.47. The third-order valence-electron chi connectivity index (χ3n) is 2.30. The minimum atomic E-state index is -0.162. The fourth-order valence-corrected chi connectivity index (χ4v) is 2.29. The molecule has 0 radical (unpaired) electrons. The Morgan fingerprint density at radius 1 is 1.39 bits per heavy atom. The molecule has 6 heteroatoms. The van der Waals surface area contributed by atoms with Crippen LogP contribution >= 0.6 is 11.3 Å². The summed E-state index contributed by atoms with van der Waals surface area (Å²) in [6.07, 6.45) is 0. The van der Waals surface area contributed by atoms with Gasteiger partial charge in [0.05, 0.1) is 7.11 Å². The topological polar surface area (TPSA) is 77.2 Å². The highest BCUT2D eigenvalue weighted by Gasteiger charge is 2.11. The van der Waals surface area contributed by atoms with Crippen LogP contribution in [0, 0.1) is 0 Å². The number of anilines is 2. The first-order valence-electron chi connectivity index (χ1n) is 5.28. The van der Waals surface area contributed by atoms with E-state index in [0.29, 0.717) is 15.8 Å². The summed E-state index contributed by atoms with van der Waals surface area (Å²) in [5.74, 6) is 0.611. The average molecular weight is 263 g/mol. The van der Waals surface area contributed by atoms with Gasteiger partial charge in [-0.15, -0.1) is 0 Å². The van der Waals surface area contributed by atoms with E-state index >= 15 is 0 Å². The molecular weight excluding hydrogens is 250 g/mol. The van der Waals surface area contributed by atoms with Gasteiger partial charge in [0, 0.05) is 12.5 Å². The van der Waals surface area contributed by atoms with E-state index < -0.39 is 0 Å². The largest absolute Gasteiger partial charge is 0.497 e. The van der Waals surface area contributed by atoms with Crippen LogP contribution in [0.25, 0.3) is 11.3 Å². The van der Waals surface area contributed by atoms with E-state index in [-0.39, 0.29) is 5.91 Å². The van der Waals surface area contributed by atoms with Crippen LogP contribution in [0.3, 0.4) is 0 Å². The lowest BCUT2D eigenvalue weighted by Crippen LogP contribution is -2.04. The van der Waals surface area contributed by atoms with E-state index in [4.69, 9.17) is 10.5 Å². The van der Waals surface area contributed by atoms with Gasteiger partial charge in [-0.2, -0.15) is 0 Å². The van der Waals surface area contributed by atoms with Crippen LogP contribution in [0.5, 0.6) is 5.75 Å². The van der Waals surface area contributed by atoms with Crippen molar-refractivity contribution in [1.29, 1.82) is 0 Å². The Labute approximate surface area is 109 Å². The maximum Gasteiger partial charge on any atom is 0.223 e. The summed E-state index contributed by atoms with van der Waals surface area (Å²) in [5.41, 5.74) is 7.46.